The van der Waals surface area contributed by atoms with Gasteiger partial charge in [0.2, 0.25) is 0 Å². The average molecular weight is 196 g/mol. The van der Waals surface area contributed by atoms with Crippen molar-refractivity contribution in [3.8, 4) is 0 Å². The zero-order chi connectivity index (χ0) is 9.97. The van der Waals surface area contributed by atoms with E-state index in [9.17, 15) is 4.79 Å². The topological polar surface area (TPSA) is 35.5 Å². The van der Waals surface area contributed by atoms with Crippen LogP contribution in [0.25, 0.3) is 0 Å². The Bertz CT molecular complexity index is 247. The van der Waals surface area contributed by atoms with Gasteiger partial charge in [-0.3, -0.25) is 4.79 Å². The van der Waals surface area contributed by atoms with Gasteiger partial charge in [-0.15, -0.1) is 0 Å². The molecule has 0 spiro atoms. The van der Waals surface area contributed by atoms with Crippen molar-refractivity contribution in [2.45, 2.75) is 38.4 Å². The van der Waals surface area contributed by atoms with E-state index in [1.165, 1.54) is 0 Å². The monoisotopic (exact) mass is 196 g/mol. The molecule has 0 aromatic carbocycles. The van der Waals surface area contributed by atoms with Crippen molar-refractivity contribution in [2.24, 2.45) is 5.92 Å². The third-order valence-corrected chi connectivity index (χ3v) is 2.78. The fourth-order valence-electron chi connectivity index (χ4n) is 1.93. The number of fused-ring (bicyclic) bond motifs is 2. The predicted molar refractivity (Wildman–Crippen MR) is 51.8 cm³/mol. The normalized spacial score (nSPS) is 33.6. The molecule has 78 valence electrons. The summed E-state index contributed by atoms with van der Waals surface area (Å²) in [6.45, 7) is 2.63. The molecule has 2 aliphatic rings. The highest BCUT2D eigenvalue weighted by Crippen LogP contribution is 2.34. The summed E-state index contributed by atoms with van der Waals surface area (Å²) < 4.78 is 10.7. The molecule has 2 bridgehead atoms. The summed E-state index contributed by atoms with van der Waals surface area (Å²) in [6, 6.07) is 0. The molecule has 1 fully saturated rings. The van der Waals surface area contributed by atoms with Crippen LogP contribution in [0.1, 0.15) is 26.2 Å². The summed E-state index contributed by atoms with van der Waals surface area (Å²) in [5, 5.41) is 0. The fraction of sp³-hybridized carbons (Fsp3) is 0.727. The molecule has 3 unspecified atom stereocenters. The van der Waals surface area contributed by atoms with E-state index in [4.69, 9.17) is 9.47 Å². The summed E-state index contributed by atoms with van der Waals surface area (Å²) in [4.78, 5) is 11.6. The van der Waals surface area contributed by atoms with Crippen LogP contribution >= 0.6 is 0 Å². The highest BCUT2D eigenvalue weighted by Gasteiger charge is 2.41. The van der Waals surface area contributed by atoms with Gasteiger partial charge in [0, 0.05) is 0 Å². The first-order valence-electron chi connectivity index (χ1n) is 5.31. The first-order valence-corrected chi connectivity index (χ1v) is 5.31. The lowest BCUT2D eigenvalue weighted by molar-refractivity contribution is -0.149. The number of hydrogen-bond acceptors (Lipinski definition) is 3. The molecule has 0 N–H and O–H groups in total. The van der Waals surface area contributed by atoms with E-state index < -0.39 is 0 Å². The maximum atomic E-state index is 11.6. The van der Waals surface area contributed by atoms with Gasteiger partial charge >= 0.3 is 5.97 Å². The standard InChI is InChI=1S/C11H16O3/c1-2-3-6-13-11(12)9-7-8-4-5-10(9)14-8/h4-5,8-10H,2-3,6-7H2,1H3. The van der Waals surface area contributed by atoms with E-state index in [1.54, 1.807) is 0 Å². The van der Waals surface area contributed by atoms with Gasteiger partial charge in [-0.2, -0.15) is 0 Å². The van der Waals surface area contributed by atoms with Gasteiger partial charge in [0.15, 0.2) is 0 Å². The second kappa shape index (κ2) is 4.13. The summed E-state index contributed by atoms with van der Waals surface area (Å²) >= 11 is 0. The van der Waals surface area contributed by atoms with Crippen molar-refractivity contribution in [1.82, 2.24) is 0 Å². The Morgan fingerprint density at radius 2 is 2.43 bits per heavy atom. The molecule has 2 rings (SSSR count). The summed E-state index contributed by atoms with van der Waals surface area (Å²) in [5.74, 6) is -0.142. The van der Waals surface area contributed by atoms with Crippen LogP contribution in [0.15, 0.2) is 12.2 Å². The first kappa shape index (κ1) is 9.71. The lowest BCUT2D eigenvalue weighted by Crippen LogP contribution is -2.25. The van der Waals surface area contributed by atoms with E-state index in [2.05, 4.69) is 6.92 Å². The molecule has 2 aliphatic heterocycles. The quantitative estimate of drug-likeness (QED) is 0.390. The van der Waals surface area contributed by atoms with Gasteiger partial charge in [0.25, 0.3) is 0 Å². The molecular formula is C11H16O3. The van der Waals surface area contributed by atoms with Gasteiger partial charge in [-0.25, -0.2) is 0 Å². The predicted octanol–water partition coefficient (Wildman–Crippen LogP) is 1.67. The zero-order valence-electron chi connectivity index (χ0n) is 8.44. The molecule has 0 saturated carbocycles. The SMILES string of the molecule is CCCCOC(=O)C1CC2C=CC1O2. The van der Waals surface area contributed by atoms with E-state index in [0.717, 1.165) is 19.3 Å². The maximum Gasteiger partial charge on any atom is 0.312 e. The largest absolute Gasteiger partial charge is 0.465 e. The minimum atomic E-state index is -0.0877. The third kappa shape index (κ3) is 1.82. The number of unbranched alkanes of at least 4 members (excludes halogenated alkanes) is 1. The Balaban J connectivity index is 1.79. The van der Waals surface area contributed by atoms with Crippen LogP contribution in [0.2, 0.25) is 0 Å². The molecule has 0 aromatic heterocycles. The van der Waals surface area contributed by atoms with Gasteiger partial charge in [-0.1, -0.05) is 25.5 Å². The van der Waals surface area contributed by atoms with Gasteiger partial charge in [0.05, 0.1) is 24.7 Å². The Hall–Kier alpha value is -0.830. The van der Waals surface area contributed by atoms with Crippen LogP contribution < -0.4 is 0 Å². The summed E-state index contributed by atoms with van der Waals surface area (Å²) in [6.07, 6.45) is 6.94. The van der Waals surface area contributed by atoms with Crippen LogP contribution in [0.4, 0.5) is 0 Å². The molecular weight excluding hydrogens is 180 g/mol. The minimum Gasteiger partial charge on any atom is -0.465 e. The smallest absolute Gasteiger partial charge is 0.312 e. The van der Waals surface area contributed by atoms with Crippen molar-refractivity contribution >= 4 is 5.97 Å². The van der Waals surface area contributed by atoms with Gasteiger partial charge < -0.3 is 9.47 Å². The van der Waals surface area contributed by atoms with Gasteiger partial charge in [-0.05, 0) is 12.8 Å². The number of ether oxygens (including phenoxy) is 2. The van der Waals surface area contributed by atoms with E-state index in [-0.39, 0.29) is 24.1 Å². The van der Waals surface area contributed by atoms with Crippen LogP contribution in [0.3, 0.4) is 0 Å². The van der Waals surface area contributed by atoms with Crippen molar-refractivity contribution in [1.29, 1.82) is 0 Å². The van der Waals surface area contributed by atoms with Crippen LogP contribution in [-0.4, -0.2) is 24.8 Å². The Kier molecular flexibility index (Phi) is 2.87. The molecule has 3 nitrogen and oxygen atoms in total. The molecule has 0 amide bonds. The molecule has 0 aromatic rings. The lowest BCUT2D eigenvalue weighted by Gasteiger charge is -2.13. The number of carbonyl (C=O) groups excluding carboxylic acids is 1. The van der Waals surface area contributed by atoms with Crippen LogP contribution in [0, 0.1) is 5.92 Å². The van der Waals surface area contributed by atoms with Crippen molar-refractivity contribution in [2.75, 3.05) is 6.61 Å². The molecule has 0 aliphatic carbocycles. The van der Waals surface area contributed by atoms with Crippen LogP contribution in [-0.2, 0) is 14.3 Å². The lowest BCUT2D eigenvalue weighted by atomic mass is 9.95. The molecule has 1 saturated heterocycles. The van der Waals surface area contributed by atoms with E-state index >= 15 is 0 Å². The molecule has 3 heteroatoms. The van der Waals surface area contributed by atoms with Crippen molar-refractivity contribution < 1.29 is 14.3 Å². The number of esters is 1. The Morgan fingerprint density at radius 3 is 3.00 bits per heavy atom. The molecule has 0 radical (unpaired) electrons. The second-order valence-electron chi connectivity index (χ2n) is 3.89. The summed E-state index contributed by atoms with van der Waals surface area (Å²) in [5.41, 5.74) is 0. The first-order chi connectivity index (χ1) is 6.81. The fourth-order valence-corrected chi connectivity index (χ4v) is 1.93. The Morgan fingerprint density at radius 1 is 1.57 bits per heavy atom. The third-order valence-electron chi connectivity index (χ3n) is 2.78. The van der Waals surface area contributed by atoms with Gasteiger partial charge in [0.1, 0.15) is 0 Å². The van der Waals surface area contributed by atoms with Crippen molar-refractivity contribution in [3.05, 3.63) is 12.2 Å². The molecule has 2 heterocycles. The maximum absolute atomic E-state index is 11.6. The van der Waals surface area contributed by atoms with E-state index in [1.807, 2.05) is 12.2 Å². The zero-order valence-corrected chi connectivity index (χ0v) is 8.44. The second-order valence-corrected chi connectivity index (χ2v) is 3.89. The Labute approximate surface area is 84.1 Å². The highest BCUT2D eigenvalue weighted by molar-refractivity contribution is 5.74. The van der Waals surface area contributed by atoms with Crippen LogP contribution in [0.5, 0.6) is 0 Å². The number of hydrogen-bond donors (Lipinski definition) is 0. The van der Waals surface area contributed by atoms with E-state index in [0.29, 0.717) is 6.61 Å². The highest BCUT2D eigenvalue weighted by atomic mass is 16.5. The molecule has 14 heavy (non-hydrogen) atoms. The average Bonchev–Trinajstić information content (AvgIpc) is 2.79. The minimum absolute atomic E-state index is 0.0193. The number of carbonyl (C=O) groups is 1. The van der Waals surface area contributed by atoms with Crippen molar-refractivity contribution in [3.63, 3.8) is 0 Å². The number of rotatable bonds is 4. The molecule has 3 atom stereocenters. The summed E-state index contributed by atoms with van der Waals surface area (Å²) in [7, 11) is 0.